The second-order valence-electron chi connectivity index (χ2n) is 17.7. The molecule has 4 heteroatoms. The Hall–Kier alpha value is -7.04. The van der Waals surface area contributed by atoms with Crippen molar-refractivity contribution in [3.63, 3.8) is 0 Å². The molecule has 4 nitrogen and oxygen atoms in total. The maximum absolute atomic E-state index is 6.60. The number of aryl methyl sites for hydroxylation is 7. The standard InChI is InChI=1S/C58H50N2O2/c1-33-18-21-46(37(5)28-33)59(47-22-19-34(2)29-38(47)6)49-24-26-51(61-8)55-53(49)40-14-10-12-16-44(40)58(55)45-17-13-11-15-41(45)54-50(25-27-52(62-9)56(54)58)60-48-23-20-35(3)31-42(48)43-32-36(4)30-39(7)57(43)60/h10-32H,1-9H3. The number of fused-ring (bicyclic) bond motifs is 13. The van der Waals surface area contributed by atoms with Gasteiger partial charge in [0.2, 0.25) is 0 Å². The molecule has 0 saturated heterocycles. The van der Waals surface area contributed by atoms with E-state index in [4.69, 9.17) is 9.47 Å². The van der Waals surface area contributed by atoms with Gasteiger partial charge in [-0.1, -0.05) is 107 Å². The molecule has 0 bridgehead atoms. The summed E-state index contributed by atoms with van der Waals surface area (Å²) in [5.41, 5.74) is 24.2. The summed E-state index contributed by atoms with van der Waals surface area (Å²) in [6.45, 7) is 15.4. The fourth-order valence-corrected chi connectivity index (χ4v) is 11.4. The first-order chi connectivity index (χ1) is 30.1. The third-order valence-corrected chi connectivity index (χ3v) is 13.7. The molecule has 0 fully saturated rings. The maximum atomic E-state index is 6.60. The molecule has 2 aliphatic carbocycles. The second-order valence-corrected chi connectivity index (χ2v) is 17.7. The highest BCUT2D eigenvalue weighted by Crippen LogP contribution is 2.69. The highest BCUT2D eigenvalue weighted by Gasteiger charge is 2.56. The summed E-state index contributed by atoms with van der Waals surface area (Å²) in [5.74, 6) is 1.69. The van der Waals surface area contributed by atoms with Gasteiger partial charge in [0.05, 0.1) is 42.0 Å². The van der Waals surface area contributed by atoms with Crippen LogP contribution in [0.3, 0.4) is 0 Å². The Morgan fingerprint density at radius 1 is 0.452 bits per heavy atom. The molecule has 0 amide bonds. The smallest absolute Gasteiger partial charge is 0.124 e. The Morgan fingerprint density at radius 2 is 0.952 bits per heavy atom. The van der Waals surface area contributed by atoms with E-state index in [9.17, 15) is 0 Å². The highest BCUT2D eigenvalue weighted by atomic mass is 16.5. The molecule has 62 heavy (non-hydrogen) atoms. The van der Waals surface area contributed by atoms with Crippen LogP contribution in [0.25, 0.3) is 49.7 Å². The lowest BCUT2D eigenvalue weighted by Crippen LogP contribution is -2.27. The number of nitrogens with zero attached hydrogens (tertiary/aromatic N) is 2. The van der Waals surface area contributed by atoms with E-state index in [0.29, 0.717) is 0 Å². The third kappa shape index (κ3) is 5.07. The van der Waals surface area contributed by atoms with Crippen molar-refractivity contribution in [1.29, 1.82) is 0 Å². The Balaban J connectivity index is 1.31. The van der Waals surface area contributed by atoms with Crippen LogP contribution in [0.1, 0.15) is 61.2 Å². The van der Waals surface area contributed by atoms with E-state index < -0.39 is 5.41 Å². The van der Waals surface area contributed by atoms with Gasteiger partial charge >= 0.3 is 0 Å². The number of hydrogen-bond acceptors (Lipinski definition) is 3. The van der Waals surface area contributed by atoms with E-state index in [2.05, 4.69) is 197 Å². The lowest BCUT2D eigenvalue weighted by molar-refractivity contribution is 0.398. The average molecular weight is 807 g/mol. The first kappa shape index (κ1) is 37.9. The van der Waals surface area contributed by atoms with Crippen molar-refractivity contribution in [2.75, 3.05) is 19.1 Å². The van der Waals surface area contributed by atoms with Crippen molar-refractivity contribution in [3.05, 3.63) is 201 Å². The normalized spacial score (nSPS) is 14.6. The number of hydrogen-bond donors (Lipinski definition) is 0. The quantitative estimate of drug-likeness (QED) is 0.167. The van der Waals surface area contributed by atoms with E-state index in [-0.39, 0.29) is 0 Å². The zero-order chi connectivity index (χ0) is 42.8. The summed E-state index contributed by atoms with van der Waals surface area (Å²) in [4.78, 5) is 2.48. The van der Waals surface area contributed by atoms with Crippen LogP contribution >= 0.6 is 0 Å². The van der Waals surface area contributed by atoms with Crippen LogP contribution in [0.5, 0.6) is 11.5 Å². The van der Waals surface area contributed by atoms with Crippen LogP contribution in [-0.2, 0) is 5.41 Å². The van der Waals surface area contributed by atoms with Crippen molar-refractivity contribution in [3.8, 4) is 39.4 Å². The molecule has 2 aliphatic rings. The molecule has 1 aromatic heterocycles. The van der Waals surface area contributed by atoms with Gasteiger partial charge in [0.25, 0.3) is 0 Å². The van der Waals surface area contributed by atoms with Gasteiger partial charge in [0.15, 0.2) is 0 Å². The molecule has 304 valence electrons. The lowest BCUT2D eigenvalue weighted by Gasteiger charge is -2.34. The minimum Gasteiger partial charge on any atom is -0.496 e. The summed E-state index contributed by atoms with van der Waals surface area (Å²) >= 11 is 0. The van der Waals surface area contributed by atoms with E-state index in [0.717, 1.165) is 50.9 Å². The van der Waals surface area contributed by atoms with E-state index in [1.807, 2.05) is 14.2 Å². The number of methoxy groups -OCH3 is 2. The molecule has 1 heterocycles. The zero-order valence-electron chi connectivity index (χ0n) is 37.0. The number of benzene rings is 8. The largest absolute Gasteiger partial charge is 0.496 e. The maximum Gasteiger partial charge on any atom is 0.124 e. The minimum absolute atomic E-state index is 0.780. The predicted molar refractivity (Wildman–Crippen MR) is 258 cm³/mol. The summed E-state index contributed by atoms with van der Waals surface area (Å²) in [6, 6.07) is 52.2. The fourth-order valence-electron chi connectivity index (χ4n) is 11.4. The van der Waals surface area contributed by atoms with E-state index in [1.54, 1.807) is 0 Å². The minimum atomic E-state index is -0.780. The fraction of sp³-hybridized carbons (Fsp3) is 0.172. The number of ether oxygens (including phenoxy) is 2. The van der Waals surface area contributed by atoms with Gasteiger partial charge in [-0.15, -0.1) is 0 Å². The number of rotatable bonds is 6. The van der Waals surface area contributed by atoms with Crippen molar-refractivity contribution in [2.45, 2.75) is 53.9 Å². The molecule has 1 unspecified atom stereocenters. The van der Waals surface area contributed by atoms with Crippen LogP contribution < -0.4 is 14.4 Å². The van der Waals surface area contributed by atoms with Crippen LogP contribution in [-0.4, -0.2) is 18.8 Å². The molecule has 1 spiro atoms. The van der Waals surface area contributed by atoms with E-state index >= 15 is 0 Å². The molecule has 0 saturated carbocycles. The number of aromatic nitrogens is 1. The molecule has 8 aromatic carbocycles. The summed E-state index contributed by atoms with van der Waals surface area (Å²) in [6.07, 6.45) is 0. The van der Waals surface area contributed by atoms with Crippen LogP contribution in [0.2, 0.25) is 0 Å². The second kappa shape index (κ2) is 13.7. The molecular weight excluding hydrogens is 757 g/mol. The van der Waals surface area contributed by atoms with Gasteiger partial charge in [0, 0.05) is 44.4 Å². The monoisotopic (exact) mass is 806 g/mol. The molecule has 0 radical (unpaired) electrons. The summed E-state index contributed by atoms with van der Waals surface area (Å²) in [5, 5.41) is 2.53. The van der Waals surface area contributed by atoms with Gasteiger partial charge in [-0.2, -0.15) is 0 Å². The van der Waals surface area contributed by atoms with E-state index in [1.165, 1.54) is 88.6 Å². The Labute approximate surface area is 364 Å². The topological polar surface area (TPSA) is 26.6 Å². The Bertz CT molecular complexity index is 3320. The van der Waals surface area contributed by atoms with Crippen molar-refractivity contribution >= 4 is 38.9 Å². The highest BCUT2D eigenvalue weighted by molar-refractivity contribution is 6.12. The van der Waals surface area contributed by atoms with Crippen LogP contribution in [0, 0.1) is 48.5 Å². The van der Waals surface area contributed by atoms with Gasteiger partial charge in [-0.25, -0.2) is 0 Å². The average Bonchev–Trinajstić information content (AvgIpc) is 3.87. The molecule has 0 N–H and O–H groups in total. The SMILES string of the molecule is COc1ccc(N(c2ccc(C)cc2C)c2ccc(C)cc2C)c2c1C1(c3ccccc3-2)c2ccccc2-c2c(-n3c4ccc(C)cc4c4cc(C)cc(C)c43)ccc(OC)c21. The molecular formula is C58H50N2O2. The number of anilines is 3. The van der Waals surface area contributed by atoms with Crippen molar-refractivity contribution in [1.82, 2.24) is 4.57 Å². The van der Waals surface area contributed by atoms with Gasteiger partial charge < -0.3 is 18.9 Å². The molecule has 0 aliphatic heterocycles. The zero-order valence-corrected chi connectivity index (χ0v) is 37.0. The third-order valence-electron chi connectivity index (χ3n) is 13.7. The summed E-state index contributed by atoms with van der Waals surface area (Å²) < 4.78 is 15.7. The van der Waals surface area contributed by atoms with Crippen molar-refractivity contribution in [2.24, 2.45) is 0 Å². The molecule has 11 rings (SSSR count). The first-order valence-corrected chi connectivity index (χ1v) is 21.7. The summed E-state index contributed by atoms with van der Waals surface area (Å²) in [7, 11) is 3.64. The van der Waals surface area contributed by atoms with Gasteiger partial charge in [-0.3, -0.25) is 0 Å². The van der Waals surface area contributed by atoms with Crippen LogP contribution in [0.15, 0.2) is 140 Å². The van der Waals surface area contributed by atoms with Crippen LogP contribution in [0.4, 0.5) is 17.1 Å². The lowest BCUT2D eigenvalue weighted by atomic mass is 9.69. The van der Waals surface area contributed by atoms with Gasteiger partial charge in [-0.05, 0) is 142 Å². The van der Waals surface area contributed by atoms with Gasteiger partial charge in [0.1, 0.15) is 11.5 Å². The first-order valence-electron chi connectivity index (χ1n) is 21.7. The predicted octanol–water partition coefficient (Wildman–Crippen LogP) is 14.8. The van der Waals surface area contributed by atoms with Crippen molar-refractivity contribution < 1.29 is 9.47 Å². The Morgan fingerprint density at radius 3 is 1.56 bits per heavy atom. The molecule has 1 atom stereocenters. The molecule has 9 aromatic rings. The Kier molecular flexibility index (Phi) is 8.40.